The van der Waals surface area contributed by atoms with Crippen molar-refractivity contribution in [3.8, 4) is 0 Å². The van der Waals surface area contributed by atoms with Crippen molar-refractivity contribution >= 4 is 29.7 Å². The van der Waals surface area contributed by atoms with Gasteiger partial charge >= 0.3 is 6.09 Å². The third kappa shape index (κ3) is 5.85. The lowest BCUT2D eigenvalue weighted by atomic mass is 10.0. The van der Waals surface area contributed by atoms with Crippen molar-refractivity contribution in [3.05, 3.63) is 35.6 Å². The molecule has 3 rings (SSSR count). The normalized spacial score (nSPS) is 22.7. The van der Waals surface area contributed by atoms with Crippen molar-refractivity contribution < 1.29 is 23.5 Å². The number of benzene rings is 1. The van der Waals surface area contributed by atoms with E-state index in [9.17, 15) is 18.8 Å². The maximum Gasteiger partial charge on any atom is 0.409 e. The van der Waals surface area contributed by atoms with Gasteiger partial charge in [0.1, 0.15) is 11.9 Å². The van der Waals surface area contributed by atoms with Gasteiger partial charge in [0.25, 0.3) is 0 Å². The molecule has 2 atom stereocenters. The monoisotopic (exact) mass is 423 g/mol. The molecule has 7 nitrogen and oxygen atoms in total. The number of halogens is 1. The van der Waals surface area contributed by atoms with Crippen molar-refractivity contribution in [1.82, 2.24) is 15.5 Å². The first-order valence-electron chi connectivity index (χ1n) is 9.84. The summed E-state index contributed by atoms with van der Waals surface area (Å²) in [4.78, 5) is 38.3. The van der Waals surface area contributed by atoms with Crippen molar-refractivity contribution in [2.45, 2.75) is 43.5 Å². The third-order valence-electron chi connectivity index (χ3n) is 5.09. The Morgan fingerprint density at radius 1 is 1.28 bits per heavy atom. The molecule has 9 heteroatoms. The molecule has 0 aromatic heterocycles. The maximum absolute atomic E-state index is 13.0. The van der Waals surface area contributed by atoms with Crippen LogP contribution in [-0.4, -0.2) is 65.6 Å². The first-order valence-corrected chi connectivity index (χ1v) is 10.9. The van der Waals surface area contributed by atoms with Crippen LogP contribution >= 0.6 is 11.8 Å². The summed E-state index contributed by atoms with van der Waals surface area (Å²) < 4.78 is 18.0. The Bertz CT molecular complexity index is 738. The Labute approximate surface area is 173 Å². The average Bonchev–Trinajstić information content (AvgIpc) is 2.71. The van der Waals surface area contributed by atoms with Crippen LogP contribution in [0.3, 0.4) is 0 Å². The predicted octanol–water partition coefficient (Wildman–Crippen LogP) is 1.71. The Kier molecular flexibility index (Phi) is 7.35. The highest BCUT2D eigenvalue weighted by Gasteiger charge is 2.34. The van der Waals surface area contributed by atoms with Crippen LogP contribution in [0, 0.1) is 5.82 Å². The Hall–Kier alpha value is -2.29. The molecule has 29 heavy (non-hydrogen) atoms. The zero-order valence-corrected chi connectivity index (χ0v) is 17.2. The van der Waals surface area contributed by atoms with E-state index in [2.05, 4.69) is 10.6 Å². The van der Waals surface area contributed by atoms with E-state index in [0.717, 1.165) is 5.56 Å². The van der Waals surface area contributed by atoms with Gasteiger partial charge in [-0.2, -0.15) is 0 Å². The molecular weight excluding hydrogens is 397 g/mol. The maximum atomic E-state index is 13.0. The largest absolute Gasteiger partial charge is 0.450 e. The molecule has 158 valence electrons. The van der Waals surface area contributed by atoms with Crippen LogP contribution in [0.2, 0.25) is 0 Å². The van der Waals surface area contributed by atoms with Crippen LogP contribution in [0.5, 0.6) is 0 Å². The van der Waals surface area contributed by atoms with Gasteiger partial charge in [-0.1, -0.05) is 12.1 Å². The molecule has 2 heterocycles. The van der Waals surface area contributed by atoms with Gasteiger partial charge in [-0.3, -0.25) is 9.59 Å². The Morgan fingerprint density at radius 2 is 1.97 bits per heavy atom. The van der Waals surface area contributed by atoms with Crippen LogP contribution in [0.1, 0.15) is 25.3 Å². The van der Waals surface area contributed by atoms with Crippen LogP contribution in [0.4, 0.5) is 9.18 Å². The summed E-state index contributed by atoms with van der Waals surface area (Å²) in [6.45, 7) is 3.19. The number of hydrogen-bond donors (Lipinski definition) is 2. The smallest absolute Gasteiger partial charge is 0.409 e. The van der Waals surface area contributed by atoms with Crippen molar-refractivity contribution in [2.75, 3.05) is 25.4 Å². The predicted molar refractivity (Wildman–Crippen MR) is 108 cm³/mol. The van der Waals surface area contributed by atoms with Crippen LogP contribution in [-0.2, 0) is 20.7 Å². The number of nitrogens with zero attached hydrogens (tertiary/aromatic N) is 1. The summed E-state index contributed by atoms with van der Waals surface area (Å²) in [5, 5.41) is 5.49. The second-order valence-corrected chi connectivity index (χ2v) is 8.42. The molecule has 2 aliphatic heterocycles. The van der Waals surface area contributed by atoms with Crippen LogP contribution < -0.4 is 10.6 Å². The lowest BCUT2D eigenvalue weighted by molar-refractivity contribution is -0.129. The third-order valence-corrected chi connectivity index (χ3v) is 6.40. The molecule has 2 aliphatic rings. The van der Waals surface area contributed by atoms with Gasteiger partial charge in [0.2, 0.25) is 11.8 Å². The number of nitrogens with one attached hydrogen (secondary N) is 2. The van der Waals surface area contributed by atoms with E-state index in [1.807, 2.05) is 0 Å². The van der Waals surface area contributed by atoms with Gasteiger partial charge in [-0.15, -0.1) is 11.8 Å². The van der Waals surface area contributed by atoms with E-state index >= 15 is 0 Å². The van der Waals surface area contributed by atoms with Gasteiger partial charge < -0.3 is 20.3 Å². The molecular formula is C20H26FN3O4S. The number of piperidine rings is 1. The molecule has 2 fully saturated rings. The lowest BCUT2D eigenvalue weighted by Crippen LogP contribution is -2.57. The first kappa shape index (κ1) is 21.4. The summed E-state index contributed by atoms with van der Waals surface area (Å²) in [5.74, 6) is -0.187. The highest BCUT2D eigenvalue weighted by Crippen LogP contribution is 2.22. The fourth-order valence-electron chi connectivity index (χ4n) is 3.44. The number of carbonyl (C=O) groups excluding carboxylic acids is 3. The van der Waals surface area contributed by atoms with E-state index in [0.29, 0.717) is 44.7 Å². The van der Waals surface area contributed by atoms with Gasteiger partial charge in [-0.25, -0.2) is 9.18 Å². The van der Waals surface area contributed by atoms with Gasteiger partial charge in [0, 0.05) is 24.9 Å². The second-order valence-electron chi connectivity index (χ2n) is 7.18. The summed E-state index contributed by atoms with van der Waals surface area (Å²) in [6, 6.07) is 5.51. The molecule has 1 aromatic carbocycles. The average molecular weight is 424 g/mol. The zero-order valence-electron chi connectivity index (χ0n) is 16.4. The molecule has 0 aliphatic carbocycles. The highest BCUT2D eigenvalue weighted by molar-refractivity contribution is 8.00. The molecule has 2 saturated heterocycles. The summed E-state index contributed by atoms with van der Waals surface area (Å²) >= 11 is 1.44. The van der Waals surface area contributed by atoms with E-state index in [-0.39, 0.29) is 35.0 Å². The number of hydrogen-bond acceptors (Lipinski definition) is 5. The van der Waals surface area contributed by atoms with Crippen molar-refractivity contribution in [1.29, 1.82) is 0 Å². The van der Waals surface area contributed by atoms with E-state index in [1.165, 1.54) is 23.9 Å². The molecule has 3 amide bonds. The minimum Gasteiger partial charge on any atom is -0.450 e. The van der Waals surface area contributed by atoms with Gasteiger partial charge in [0.15, 0.2) is 0 Å². The fraction of sp³-hybridized carbons (Fsp3) is 0.550. The number of likely N-dealkylation sites (tertiary alicyclic amines) is 1. The standard InChI is InChI=1S/C20H26FN3O4S/c1-2-28-20(27)24-9-7-15(8-10-24)22-18(25)16-12-29-17(19(26)23-16)11-13-3-5-14(21)6-4-13/h3-6,15-17H,2,7-12H2,1H3,(H,22,25)(H,23,26)/t16-,17-/m1/s1. The Morgan fingerprint density at radius 3 is 2.59 bits per heavy atom. The molecule has 0 spiro atoms. The van der Waals surface area contributed by atoms with Gasteiger partial charge in [0.05, 0.1) is 11.9 Å². The first-order chi connectivity index (χ1) is 14.0. The van der Waals surface area contributed by atoms with Gasteiger partial charge in [-0.05, 0) is 43.9 Å². The number of thioether (sulfide) groups is 1. The quantitative estimate of drug-likeness (QED) is 0.753. The summed E-state index contributed by atoms with van der Waals surface area (Å²) in [6.07, 6.45) is 1.49. The van der Waals surface area contributed by atoms with E-state index in [1.54, 1.807) is 24.0 Å². The number of amides is 3. The zero-order chi connectivity index (χ0) is 20.8. The summed E-state index contributed by atoms with van der Waals surface area (Å²) in [5.41, 5.74) is 0.885. The number of ether oxygens (including phenoxy) is 1. The highest BCUT2D eigenvalue weighted by atomic mass is 32.2. The molecule has 0 unspecified atom stereocenters. The number of carbonyl (C=O) groups is 3. The van der Waals surface area contributed by atoms with Crippen LogP contribution in [0.25, 0.3) is 0 Å². The topological polar surface area (TPSA) is 87.7 Å². The summed E-state index contributed by atoms with van der Waals surface area (Å²) in [7, 11) is 0. The lowest BCUT2D eigenvalue weighted by Gasteiger charge is -2.33. The minimum absolute atomic E-state index is 0.0213. The molecule has 1 aromatic rings. The fourth-order valence-corrected chi connectivity index (χ4v) is 4.63. The van der Waals surface area contributed by atoms with Crippen molar-refractivity contribution in [2.24, 2.45) is 0 Å². The molecule has 0 saturated carbocycles. The number of rotatable bonds is 5. The molecule has 2 N–H and O–H groups in total. The second kappa shape index (κ2) is 9.96. The Balaban J connectivity index is 1.43. The van der Waals surface area contributed by atoms with Crippen LogP contribution in [0.15, 0.2) is 24.3 Å². The van der Waals surface area contributed by atoms with E-state index in [4.69, 9.17) is 4.74 Å². The molecule has 0 radical (unpaired) electrons. The van der Waals surface area contributed by atoms with E-state index < -0.39 is 6.04 Å². The van der Waals surface area contributed by atoms with Crippen molar-refractivity contribution in [3.63, 3.8) is 0 Å². The SMILES string of the molecule is CCOC(=O)N1CCC(NC(=O)[C@H]2CS[C@H](Cc3ccc(F)cc3)C(=O)N2)CC1. The molecule has 0 bridgehead atoms. The minimum atomic E-state index is -0.569.